The van der Waals surface area contributed by atoms with Gasteiger partial charge < -0.3 is 19.6 Å². The van der Waals surface area contributed by atoms with Crippen molar-refractivity contribution in [2.24, 2.45) is 11.8 Å². The quantitative estimate of drug-likeness (QED) is 0.729. The Kier molecular flexibility index (Phi) is 6.60. The van der Waals surface area contributed by atoms with Crippen LogP contribution < -0.4 is 5.32 Å². The molecule has 28 heavy (non-hydrogen) atoms. The molecule has 1 unspecified atom stereocenters. The number of aromatic nitrogens is 1. The van der Waals surface area contributed by atoms with Gasteiger partial charge in [-0.25, -0.2) is 9.78 Å². The van der Waals surface area contributed by atoms with E-state index in [1.165, 1.54) is 0 Å². The molecule has 0 aliphatic heterocycles. The second-order valence-corrected chi connectivity index (χ2v) is 8.88. The van der Waals surface area contributed by atoms with Gasteiger partial charge in [-0.15, -0.1) is 0 Å². The summed E-state index contributed by atoms with van der Waals surface area (Å²) in [6.07, 6.45) is 5.08. The van der Waals surface area contributed by atoms with Gasteiger partial charge in [0.2, 0.25) is 5.89 Å². The van der Waals surface area contributed by atoms with E-state index in [1.807, 2.05) is 45.0 Å². The van der Waals surface area contributed by atoms with Gasteiger partial charge in [-0.2, -0.15) is 0 Å². The number of aliphatic hydroxyl groups excluding tert-OH is 1. The SMILES string of the molecule is CC(C)(C)OC(=O)NC[C@H]1CC[C@H](CCC(O)c2nc3ccccc3o2)CC1. The van der Waals surface area contributed by atoms with E-state index in [9.17, 15) is 9.90 Å². The van der Waals surface area contributed by atoms with Gasteiger partial charge in [-0.05, 0) is 70.4 Å². The van der Waals surface area contributed by atoms with Crippen molar-refractivity contribution in [3.05, 3.63) is 30.2 Å². The number of amides is 1. The van der Waals surface area contributed by atoms with Gasteiger partial charge in [0.05, 0.1) is 0 Å². The van der Waals surface area contributed by atoms with Crippen LogP contribution in [0.3, 0.4) is 0 Å². The van der Waals surface area contributed by atoms with Gasteiger partial charge in [0.1, 0.15) is 17.2 Å². The van der Waals surface area contributed by atoms with Crippen molar-refractivity contribution in [3.8, 4) is 0 Å². The first kappa shape index (κ1) is 20.6. The second kappa shape index (κ2) is 8.95. The molecule has 6 nitrogen and oxygen atoms in total. The number of carbonyl (C=O) groups is 1. The number of hydrogen-bond acceptors (Lipinski definition) is 5. The molecule has 154 valence electrons. The number of alkyl carbamates (subject to hydrolysis) is 1. The summed E-state index contributed by atoms with van der Waals surface area (Å²) in [7, 11) is 0. The number of fused-ring (bicyclic) bond motifs is 1. The number of nitrogens with zero attached hydrogens (tertiary/aromatic N) is 1. The summed E-state index contributed by atoms with van der Waals surface area (Å²) in [5.74, 6) is 1.53. The van der Waals surface area contributed by atoms with E-state index in [-0.39, 0.29) is 6.09 Å². The zero-order valence-electron chi connectivity index (χ0n) is 17.1. The molecule has 3 rings (SSSR count). The highest BCUT2D eigenvalue weighted by molar-refractivity contribution is 5.72. The first-order valence-electron chi connectivity index (χ1n) is 10.3. The molecular weight excluding hydrogens is 356 g/mol. The van der Waals surface area contributed by atoms with Gasteiger partial charge in [0, 0.05) is 6.54 Å². The van der Waals surface area contributed by atoms with E-state index in [0.717, 1.165) is 43.2 Å². The lowest BCUT2D eigenvalue weighted by Gasteiger charge is -2.29. The average molecular weight is 389 g/mol. The fourth-order valence-corrected chi connectivity index (χ4v) is 3.82. The molecule has 0 spiro atoms. The van der Waals surface area contributed by atoms with Gasteiger partial charge in [-0.3, -0.25) is 0 Å². The number of carbonyl (C=O) groups excluding carboxylic acids is 1. The van der Waals surface area contributed by atoms with Crippen molar-refractivity contribution in [2.45, 2.75) is 71.0 Å². The van der Waals surface area contributed by atoms with Crippen LogP contribution in [0, 0.1) is 11.8 Å². The van der Waals surface area contributed by atoms with Crippen LogP contribution in [0.15, 0.2) is 28.7 Å². The minimum atomic E-state index is -0.654. The third-order valence-electron chi connectivity index (χ3n) is 5.34. The molecule has 1 aromatic carbocycles. The van der Waals surface area contributed by atoms with Crippen molar-refractivity contribution < 1.29 is 19.1 Å². The van der Waals surface area contributed by atoms with Gasteiger partial charge in [0.15, 0.2) is 5.58 Å². The van der Waals surface area contributed by atoms with E-state index in [2.05, 4.69) is 10.3 Å². The molecule has 1 atom stereocenters. The maximum atomic E-state index is 11.8. The lowest BCUT2D eigenvalue weighted by molar-refractivity contribution is 0.0512. The lowest BCUT2D eigenvalue weighted by Crippen LogP contribution is -2.36. The minimum Gasteiger partial charge on any atom is -0.444 e. The zero-order chi connectivity index (χ0) is 20.1. The predicted octanol–water partition coefficient (Wildman–Crippen LogP) is 4.97. The molecule has 2 aromatic rings. The normalized spacial score (nSPS) is 21.4. The third-order valence-corrected chi connectivity index (χ3v) is 5.34. The summed E-state index contributed by atoms with van der Waals surface area (Å²) in [6, 6.07) is 7.57. The maximum absolute atomic E-state index is 11.8. The molecule has 1 fully saturated rings. The number of aliphatic hydroxyl groups is 1. The number of ether oxygens (including phenoxy) is 1. The van der Waals surface area contributed by atoms with Crippen LogP contribution in [-0.4, -0.2) is 28.3 Å². The third kappa shape index (κ3) is 5.96. The van der Waals surface area contributed by atoms with Crippen molar-refractivity contribution in [2.75, 3.05) is 6.54 Å². The van der Waals surface area contributed by atoms with Crippen LogP contribution in [0.2, 0.25) is 0 Å². The summed E-state index contributed by atoms with van der Waals surface area (Å²) in [5, 5.41) is 13.3. The largest absolute Gasteiger partial charge is 0.444 e. The first-order valence-corrected chi connectivity index (χ1v) is 10.3. The highest BCUT2D eigenvalue weighted by Gasteiger charge is 2.24. The predicted molar refractivity (Wildman–Crippen MR) is 108 cm³/mol. The molecule has 0 bridgehead atoms. The van der Waals surface area contributed by atoms with Crippen molar-refractivity contribution in [1.29, 1.82) is 0 Å². The molecule has 1 aliphatic carbocycles. The summed E-state index contributed by atoms with van der Waals surface area (Å²) in [5.41, 5.74) is 1.04. The Morgan fingerprint density at radius 2 is 1.93 bits per heavy atom. The number of hydrogen-bond donors (Lipinski definition) is 2. The lowest BCUT2D eigenvalue weighted by atomic mass is 9.79. The number of benzene rings is 1. The van der Waals surface area contributed by atoms with Crippen LogP contribution >= 0.6 is 0 Å². The molecule has 1 saturated carbocycles. The fraction of sp³-hybridized carbons (Fsp3) is 0.636. The smallest absolute Gasteiger partial charge is 0.407 e. The Balaban J connectivity index is 1.36. The molecule has 0 saturated heterocycles. The van der Waals surface area contributed by atoms with Crippen molar-refractivity contribution in [1.82, 2.24) is 10.3 Å². The number of nitrogens with one attached hydrogen (secondary N) is 1. The van der Waals surface area contributed by atoms with Crippen molar-refractivity contribution >= 4 is 17.2 Å². The van der Waals surface area contributed by atoms with Crippen LogP contribution in [0.1, 0.15) is 71.3 Å². The summed E-state index contributed by atoms with van der Waals surface area (Å²) in [6.45, 7) is 6.28. The molecule has 1 amide bonds. The highest BCUT2D eigenvalue weighted by Crippen LogP contribution is 2.33. The molecule has 0 radical (unpaired) electrons. The summed E-state index contributed by atoms with van der Waals surface area (Å²) >= 11 is 0. The highest BCUT2D eigenvalue weighted by atomic mass is 16.6. The van der Waals surface area contributed by atoms with E-state index in [0.29, 0.717) is 30.7 Å². The Hall–Kier alpha value is -2.08. The Labute approximate surface area is 166 Å². The minimum absolute atomic E-state index is 0.337. The first-order chi connectivity index (χ1) is 13.3. The maximum Gasteiger partial charge on any atom is 0.407 e. The summed E-state index contributed by atoms with van der Waals surface area (Å²) < 4.78 is 10.9. The van der Waals surface area contributed by atoms with Crippen LogP contribution in [0.4, 0.5) is 4.79 Å². The van der Waals surface area contributed by atoms with Gasteiger partial charge in [-0.1, -0.05) is 25.0 Å². The topological polar surface area (TPSA) is 84.6 Å². The van der Waals surface area contributed by atoms with Crippen LogP contribution in [0.25, 0.3) is 11.1 Å². The Morgan fingerprint density at radius 3 is 2.61 bits per heavy atom. The molecule has 6 heteroatoms. The number of rotatable bonds is 6. The van der Waals surface area contributed by atoms with E-state index in [1.54, 1.807) is 0 Å². The average Bonchev–Trinajstić information content (AvgIpc) is 3.08. The molecule has 1 heterocycles. The van der Waals surface area contributed by atoms with Crippen molar-refractivity contribution in [3.63, 3.8) is 0 Å². The van der Waals surface area contributed by atoms with Gasteiger partial charge in [0.25, 0.3) is 0 Å². The molecule has 2 N–H and O–H groups in total. The Morgan fingerprint density at radius 1 is 1.25 bits per heavy atom. The van der Waals surface area contributed by atoms with Crippen LogP contribution in [0.5, 0.6) is 0 Å². The van der Waals surface area contributed by atoms with Crippen LogP contribution in [-0.2, 0) is 4.74 Å². The van der Waals surface area contributed by atoms with E-state index in [4.69, 9.17) is 9.15 Å². The summed E-state index contributed by atoms with van der Waals surface area (Å²) in [4.78, 5) is 16.2. The standard InChI is InChI=1S/C22H32N2O4/c1-22(2,3)28-21(26)23-14-16-10-8-15(9-11-16)12-13-18(25)20-24-17-6-4-5-7-19(17)27-20/h4-7,15-16,18,25H,8-14H2,1-3H3,(H,23,26)/t15-,16-,18?. The molecular formula is C22H32N2O4. The van der Waals surface area contributed by atoms with Gasteiger partial charge >= 0.3 is 6.09 Å². The number of oxazole rings is 1. The molecule has 1 aliphatic rings. The van der Waals surface area contributed by atoms with E-state index >= 15 is 0 Å². The van der Waals surface area contributed by atoms with E-state index < -0.39 is 11.7 Å². The monoisotopic (exact) mass is 388 g/mol. The Bertz CT molecular complexity index is 739. The fourth-order valence-electron chi connectivity index (χ4n) is 3.82. The number of para-hydroxylation sites is 2. The second-order valence-electron chi connectivity index (χ2n) is 8.88. The molecule has 1 aromatic heterocycles. The zero-order valence-corrected chi connectivity index (χ0v) is 17.1.